The third-order valence-electron chi connectivity index (χ3n) is 1.35. The van der Waals surface area contributed by atoms with Crippen LogP contribution in [0.1, 0.15) is 11.7 Å². The van der Waals surface area contributed by atoms with Crippen molar-refractivity contribution < 1.29 is 0 Å². The van der Waals surface area contributed by atoms with Gasteiger partial charge in [-0.3, -0.25) is 0 Å². The Hall–Kier alpha value is -1.86. The minimum absolute atomic E-state index is 0.0230. The molecule has 0 aliphatic carbocycles. The van der Waals surface area contributed by atoms with E-state index < -0.39 is 5.92 Å². The van der Waals surface area contributed by atoms with Crippen LogP contribution in [-0.4, -0.2) is 21.2 Å². The molecule has 0 fully saturated rings. The molecule has 0 amide bonds. The molecule has 1 rings (SSSR count). The van der Waals surface area contributed by atoms with Gasteiger partial charge in [0.1, 0.15) is 0 Å². The molecule has 70 valence electrons. The largest absolute Gasteiger partial charge is 0.368 e. The minimum Gasteiger partial charge on any atom is -0.368 e. The highest BCUT2D eigenvalue weighted by molar-refractivity contribution is 7.98. The third kappa shape index (κ3) is 2.09. The van der Waals surface area contributed by atoms with Gasteiger partial charge in [0, 0.05) is 0 Å². The van der Waals surface area contributed by atoms with E-state index in [0.29, 0.717) is 5.16 Å². The van der Waals surface area contributed by atoms with Crippen LogP contribution in [0.15, 0.2) is 5.16 Å². The van der Waals surface area contributed by atoms with E-state index in [1.54, 1.807) is 18.4 Å². The van der Waals surface area contributed by atoms with Crippen molar-refractivity contribution in [2.24, 2.45) is 0 Å². The Bertz CT molecular complexity index is 403. The number of nitrogens with zero attached hydrogens (tertiary/aromatic N) is 5. The van der Waals surface area contributed by atoms with E-state index in [9.17, 15) is 0 Å². The summed E-state index contributed by atoms with van der Waals surface area (Å²) in [7, 11) is 0. The molecule has 0 aromatic carbocycles. The van der Waals surface area contributed by atoms with E-state index in [2.05, 4.69) is 15.0 Å². The van der Waals surface area contributed by atoms with Crippen LogP contribution in [0.3, 0.4) is 0 Å². The highest BCUT2D eigenvalue weighted by atomic mass is 32.2. The van der Waals surface area contributed by atoms with Crippen LogP contribution in [0.5, 0.6) is 0 Å². The topological polar surface area (TPSA) is 112 Å². The van der Waals surface area contributed by atoms with E-state index in [-0.39, 0.29) is 11.8 Å². The Morgan fingerprint density at radius 3 is 2.43 bits per heavy atom. The number of nitrogen functional groups attached to an aromatic ring is 1. The van der Waals surface area contributed by atoms with Crippen molar-refractivity contribution in [2.45, 2.75) is 11.1 Å². The Labute approximate surface area is 84.8 Å². The maximum absolute atomic E-state index is 8.61. The van der Waals surface area contributed by atoms with Crippen LogP contribution >= 0.6 is 11.8 Å². The van der Waals surface area contributed by atoms with Gasteiger partial charge in [-0.1, -0.05) is 11.8 Å². The van der Waals surface area contributed by atoms with Gasteiger partial charge >= 0.3 is 0 Å². The zero-order chi connectivity index (χ0) is 10.6. The number of nitrogens with two attached hydrogens (primary N) is 1. The first-order chi connectivity index (χ1) is 6.71. The third-order valence-corrected chi connectivity index (χ3v) is 1.90. The summed E-state index contributed by atoms with van der Waals surface area (Å²) in [5.41, 5.74) is 5.39. The second-order valence-electron chi connectivity index (χ2n) is 2.23. The van der Waals surface area contributed by atoms with Gasteiger partial charge < -0.3 is 5.73 Å². The van der Waals surface area contributed by atoms with Gasteiger partial charge in [0.05, 0.1) is 12.1 Å². The minimum atomic E-state index is -0.994. The van der Waals surface area contributed by atoms with Crippen molar-refractivity contribution >= 4 is 17.7 Å². The van der Waals surface area contributed by atoms with Gasteiger partial charge in [-0.15, -0.1) is 0 Å². The number of anilines is 1. The molecule has 0 saturated heterocycles. The smallest absolute Gasteiger partial charge is 0.224 e. The van der Waals surface area contributed by atoms with Crippen molar-refractivity contribution in [3.05, 3.63) is 5.82 Å². The number of aromatic nitrogens is 3. The number of hydrogen-bond acceptors (Lipinski definition) is 7. The molecule has 0 aliphatic rings. The SMILES string of the molecule is CSc1nc(N)nc(C(C#N)C#N)n1. The number of thioether (sulfide) groups is 1. The van der Waals surface area contributed by atoms with Gasteiger partial charge in [-0.2, -0.15) is 20.5 Å². The van der Waals surface area contributed by atoms with Crippen LogP contribution in [0.25, 0.3) is 0 Å². The Kier molecular flexibility index (Phi) is 3.21. The summed E-state index contributed by atoms with van der Waals surface area (Å²) in [5, 5.41) is 17.6. The van der Waals surface area contributed by atoms with Gasteiger partial charge in [0.25, 0.3) is 0 Å². The van der Waals surface area contributed by atoms with Crippen LogP contribution in [-0.2, 0) is 0 Å². The van der Waals surface area contributed by atoms with Gasteiger partial charge in [-0.25, -0.2) is 4.98 Å². The molecule has 0 radical (unpaired) electrons. The molecule has 2 N–H and O–H groups in total. The summed E-state index contributed by atoms with van der Waals surface area (Å²) in [4.78, 5) is 11.4. The fraction of sp³-hybridized carbons (Fsp3) is 0.286. The van der Waals surface area contributed by atoms with Crippen molar-refractivity contribution in [3.8, 4) is 12.1 Å². The van der Waals surface area contributed by atoms with E-state index in [1.807, 2.05) is 0 Å². The molecule has 0 aliphatic heterocycles. The van der Waals surface area contributed by atoms with Gasteiger partial charge in [0.15, 0.2) is 16.9 Å². The molecular formula is C7H6N6S. The Morgan fingerprint density at radius 1 is 1.29 bits per heavy atom. The lowest BCUT2D eigenvalue weighted by atomic mass is 10.2. The molecular weight excluding hydrogens is 200 g/mol. The molecule has 0 bridgehead atoms. The first-order valence-electron chi connectivity index (χ1n) is 3.56. The Morgan fingerprint density at radius 2 is 1.93 bits per heavy atom. The maximum Gasteiger partial charge on any atom is 0.224 e. The monoisotopic (exact) mass is 206 g/mol. The lowest BCUT2D eigenvalue weighted by molar-refractivity contribution is 0.820. The first kappa shape index (κ1) is 10.2. The molecule has 0 unspecified atom stereocenters. The normalized spacial score (nSPS) is 9.43. The molecule has 1 aromatic rings. The molecule has 7 heteroatoms. The summed E-state index contributed by atoms with van der Waals surface area (Å²) in [6.45, 7) is 0. The number of hydrogen-bond donors (Lipinski definition) is 1. The predicted octanol–water partition coefficient (Wildman–Crippen LogP) is 0.306. The zero-order valence-corrected chi connectivity index (χ0v) is 8.12. The molecule has 1 aromatic heterocycles. The van der Waals surface area contributed by atoms with Gasteiger partial charge in [0.2, 0.25) is 5.95 Å². The van der Waals surface area contributed by atoms with E-state index in [4.69, 9.17) is 16.3 Å². The molecule has 0 atom stereocenters. The average molecular weight is 206 g/mol. The first-order valence-corrected chi connectivity index (χ1v) is 4.78. The maximum atomic E-state index is 8.61. The highest BCUT2D eigenvalue weighted by Crippen LogP contribution is 2.14. The zero-order valence-electron chi connectivity index (χ0n) is 7.30. The van der Waals surface area contributed by atoms with Crippen LogP contribution in [0.2, 0.25) is 0 Å². The standard InChI is InChI=1S/C7H6N6S/c1-14-7-12-5(4(2-8)3-9)11-6(10)13-7/h4H,1H3,(H2,10,11,12,13). The lowest BCUT2D eigenvalue weighted by Gasteiger charge is -2.01. The molecule has 6 nitrogen and oxygen atoms in total. The van der Waals surface area contributed by atoms with Crippen LogP contribution in [0.4, 0.5) is 5.95 Å². The molecule has 0 saturated carbocycles. The lowest BCUT2D eigenvalue weighted by Crippen LogP contribution is -2.07. The highest BCUT2D eigenvalue weighted by Gasteiger charge is 2.14. The molecule has 0 spiro atoms. The summed E-state index contributed by atoms with van der Waals surface area (Å²) in [6, 6.07) is 3.54. The van der Waals surface area contributed by atoms with Crippen molar-refractivity contribution in [3.63, 3.8) is 0 Å². The van der Waals surface area contributed by atoms with Crippen molar-refractivity contribution in [2.75, 3.05) is 12.0 Å². The van der Waals surface area contributed by atoms with E-state index in [1.165, 1.54) is 11.8 Å². The fourth-order valence-electron chi connectivity index (χ4n) is 0.753. The summed E-state index contributed by atoms with van der Waals surface area (Å²) in [5.74, 6) is -0.868. The predicted molar refractivity (Wildman–Crippen MR) is 50.0 cm³/mol. The fourth-order valence-corrected chi connectivity index (χ4v) is 1.12. The van der Waals surface area contributed by atoms with E-state index >= 15 is 0 Å². The van der Waals surface area contributed by atoms with Crippen molar-refractivity contribution in [1.82, 2.24) is 15.0 Å². The Balaban J connectivity index is 3.17. The van der Waals surface area contributed by atoms with Crippen LogP contribution in [0, 0.1) is 22.7 Å². The van der Waals surface area contributed by atoms with Gasteiger partial charge in [-0.05, 0) is 6.26 Å². The summed E-state index contributed by atoms with van der Waals surface area (Å²) < 4.78 is 0. The number of rotatable bonds is 2. The second kappa shape index (κ2) is 4.40. The average Bonchev–Trinajstić information content (AvgIpc) is 2.19. The molecule has 1 heterocycles. The molecule has 14 heavy (non-hydrogen) atoms. The second-order valence-corrected chi connectivity index (χ2v) is 3.00. The summed E-state index contributed by atoms with van der Waals surface area (Å²) >= 11 is 1.27. The van der Waals surface area contributed by atoms with Crippen LogP contribution < -0.4 is 5.73 Å². The number of nitriles is 2. The van der Waals surface area contributed by atoms with E-state index in [0.717, 1.165) is 0 Å². The van der Waals surface area contributed by atoms with Crippen molar-refractivity contribution in [1.29, 1.82) is 10.5 Å². The summed E-state index contributed by atoms with van der Waals surface area (Å²) in [6.07, 6.45) is 1.77. The quantitative estimate of drug-likeness (QED) is 0.692.